The van der Waals surface area contributed by atoms with Crippen molar-refractivity contribution in [2.75, 3.05) is 0 Å². The van der Waals surface area contributed by atoms with Crippen LogP contribution in [0, 0.1) is 11.8 Å². The van der Waals surface area contributed by atoms with Gasteiger partial charge in [-0.2, -0.15) is 0 Å². The molecule has 1 aliphatic heterocycles. The van der Waals surface area contributed by atoms with Crippen molar-refractivity contribution in [2.45, 2.75) is 87.8 Å². The molecule has 106 valence electrons. The first-order chi connectivity index (χ1) is 8.72. The SMILES string of the molecule is CCCC[C@@H]1[C@@H](I)C[C@@H](C)O[C@H]1C1CCCCC1. The van der Waals surface area contributed by atoms with Crippen LogP contribution in [0.25, 0.3) is 0 Å². The molecule has 1 nitrogen and oxygen atoms in total. The first-order valence-corrected chi connectivity index (χ1v) is 9.26. The number of unbranched alkanes of at least 4 members (excludes halogenated alkanes) is 1. The summed E-state index contributed by atoms with van der Waals surface area (Å²) < 4.78 is 7.24. The van der Waals surface area contributed by atoms with E-state index in [-0.39, 0.29) is 0 Å². The van der Waals surface area contributed by atoms with Crippen LogP contribution < -0.4 is 0 Å². The van der Waals surface area contributed by atoms with E-state index in [1.54, 1.807) is 0 Å². The summed E-state index contributed by atoms with van der Waals surface area (Å²) in [4.78, 5) is 0. The van der Waals surface area contributed by atoms with Gasteiger partial charge in [0.25, 0.3) is 0 Å². The van der Waals surface area contributed by atoms with Gasteiger partial charge in [0.1, 0.15) is 0 Å². The second kappa shape index (κ2) is 7.47. The zero-order valence-electron chi connectivity index (χ0n) is 12.0. The third-order valence-electron chi connectivity index (χ3n) is 4.84. The van der Waals surface area contributed by atoms with E-state index in [9.17, 15) is 0 Å². The maximum absolute atomic E-state index is 6.40. The lowest BCUT2D eigenvalue weighted by Gasteiger charge is -2.44. The number of ether oxygens (including phenoxy) is 1. The van der Waals surface area contributed by atoms with Crippen LogP contribution in [0.3, 0.4) is 0 Å². The monoisotopic (exact) mass is 364 g/mol. The predicted molar refractivity (Wildman–Crippen MR) is 86.4 cm³/mol. The standard InChI is InChI=1S/C16H29IO/c1-3-4-10-14-15(17)11-12(2)18-16(14)13-8-6-5-7-9-13/h12-16H,3-11H2,1-2H3/t12-,14-,15+,16+/m1/s1. The summed E-state index contributed by atoms with van der Waals surface area (Å²) in [6.07, 6.45) is 13.6. The average molecular weight is 364 g/mol. The molecule has 0 N–H and O–H groups in total. The number of alkyl halides is 1. The highest BCUT2D eigenvalue weighted by Crippen LogP contribution is 2.41. The van der Waals surface area contributed by atoms with E-state index in [2.05, 4.69) is 36.4 Å². The molecule has 0 spiro atoms. The number of rotatable bonds is 4. The molecule has 0 amide bonds. The Kier molecular flexibility index (Phi) is 6.26. The third-order valence-corrected chi connectivity index (χ3v) is 6.27. The van der Waals surface area contributed by atoms with Gasteiger partial charge >= 0.3 is 0 Å². The van der Waals surface area contributed by atoms with Crippen LogP contribution in [-0.4, -0.2) is 16.1 Å². The molecule has 0 radical (unpaired) electrons. The van der Waals surface area contributed by atoms with Crippen molar-refractivity contribution in [2.24, 2.45) is 11.8 Å². The van der Waals surface area contributed by atoms with Crippen molar-refractivity contribution in [3.8, 4) is 0 Å². The van der Waals surface area contributed by atoms with Gasteiger partial charge in [-0.15, -0.1) is 0 Å². The largest absolute Gasteiger partial charge is 0.375 e. The second-order valence-corrected chi connectivity index (χ2v) is 7.97. The molecule has 4 atom stereocenters. The van der Waals surface area contributed by atoms with Crippen LogP contribution in [0.15, 0.2) is 0 Å². The van der Waals surface area contributed by atoms with E-state index in [4.69, 9.17) is 4.74 Å². The Morgan fingerprint density at radius 3 is 2.56 bits per heavy atom. The topological polar surface area (TPSA) is 9.23 Å². The maximum Gasteiger partial charge on any atom is 0.0645 e. The predicted octanol–water partition coefficient (Wildman–Crippen LogP) is 5.35. The fraction of sp³-hybridized carbons (Fsp3) is 1.00. The average Bonchev–Trinajstić information content (AvgIpc) is 2.38. The highest BCUT2D eigenvalue weighted by atomic mass is 127. The van der Waals surface area contributed by atoms with Gasteiger partial charge in [-0.25, -0.2) is 0 Å². The molecule has 2 fully saturated rings. The highest BCUT2D eigenvalue weighted by molar-refractivity contribution is 14.1. The van der Waals surface area contributed by atoms with E-state index in [1.807, 2.05) is 0 Å². The van der Waals surface area contributed by atoms with Crippen LogP contribution in [0.1, 0.15) is 71.6 Å². The molecule has 0 bridgehead atoms. The van der Waals surface area contributed by atoms with E-state index in [0.717, 1.165) is 15.8 Å². The molecular formula is C16H29IO. The first-order valence-electron chi connectivity index (χ1n) is 8.02. The van der Waals surface area contributed by atoms with Crippen molar-refractivity contribution in [1.82, 2.24) is 0 Å². The summed E-state index contributed by atoms with van der Waals surface area (Å²) in [5.41, 5.74) is 0. The van der Waals surface area contributed by atoms with Gasteiger partial charge in [0, 0.05) is 3.92 Å². The first kappa shape index (κ1) is 15.1. The number of hydrogen-bond donors (Lipinski definition) is 0. The summed E-state index contributed by atoms with van der Waals surface area (Å²) in [5.74, 6) is 1.69. The molecule has 0 aromatic heterocycles. The summed E-state index contributed by atoms with van der Waals surface area (Å²) in [5, 5.41) is 0. The Labute approximate surface area is 127 Å². The minimum absolute atomic E-state index is 0.483. The Hall–Kier alpha value is 0.690. The van der Waals surface area contributed by atoms with Gasteiger partial charge in [0.2, 0.25) is 0 Å². The van der Waals surface area contributed by atoms with E-state index < -0.39 is 0 Å². The molecule has 2 heteroatoms. The van der Waals surface area contributed by atoms with Crippen molar-refractivity contribution in [3.05, 3.63) is 0 Å². The van der Waals surface area contributed by atoms with Gasteiger partial charge in [0.15, 0.2) is 0 Å². The molecule has 1 aliphatic carbocycles. The minimum Gasteiger partial charge on any atom is -0.375 e. The summed E-state index contributed by atoms with van der Waals surface area (Å²) in [7, 11) is 0. The maximum atomic E-state index is 6.40. The van der Waals surface area contributed by atoms with Crippen molar-refractivity contribution in [1.29, 1.82) is 0 Å². The van der Waals surface area contributed by atoms with Crippen molar-refractivity contribution < 1.29 is 4.74 Å². The lowest BCUT2D eigenvalue weighted by atomic mass is 9.75. The normalized spacial score (nSPS) is 38.8. The Morgan fingerprint density at radius 1 is 1.17 bits per heavy atom. The summed E-state index contributed by atoms with van der Waals surface area (Å²) in [6.45, 7) is 4.58. The van der Waals surface area contributed by atoms with Gasteiger partial charge in [0.05, 0.1) is 12.2 Å². The molecule has 2 rings (SSSR count). The smallest absolute Gasteiger partial charge is 0.0645 e. The van der Waals surface area contributed by atoms with E-state index in [0.29, 0.717) is 12.2 Å². The molecule has 0 aromatic carbocycles. The molecule has 18 heavy (non-hydrogen) atoms. The van der Waals surface area contributed by atoms with Gasteiger partial charge in [-0.05, 0) is 44.4 Å². The van der Waals surface area contributed by atoms with Crippen molar-refractivity contribution >= 4 is 22.6 Å². The number of hydrogen-bond acceptors (Lipinski definition) is 1. The molecule has 1 saturated heterocycles. The summed E-state index contributed by atoms with van der Waals surface area (Å²) >= 11 is 2.71. The van der Waals surface area contributed by atoms with Crippen molar-refractivity contribution in [3.63, 3.8) is 0 Å². The van der Waals surface area contributed by atoms with Gasteiger partial charge < -0.3 is 4.74 Å². The highest BCUT2D eigenvalue weighted by Gasteiger charge is 2.39. The van der Waals surface area contributed by atoms with Gasteiger partial charge in [-0.3, -0.25) is 0 Å². The third kappa shape index (κ3) is 3.84. The van der Waals surface area contributed by atoms with Crippen LogP contribution >= 0.6 is 22.6 Å². The molecule has 0 unspecified atom stereocenters. The number of halogens is 1. The van der Waals surface area contributed by atoms with E-state index >= 15 is 0 Å². The Balaban J connectivity index is 2.00. The lowest BCUT2D eigenvalue weighted by molar-refractivity contribution is -0.106. The fourth-order valence-electron chi connectivity index (χ4n) is 3.83. The molecule has 2 aliphatic rings. The van der Waals surface area contributed by atoms with Crippen LogP contribution in [0.2, 0.25) is 0 Å². The Morgan fingerprint density at radius 2 is 1.89 bits per heavy atom. The zero-order chi connectivity index (χ0) is 13.0. The quantitative estimate of drug-likeness (QED) is 0.482. The summed E-state index contributed by atoms with van der Waals surface area (Å²) in [6, 6.07) is 0. The zero-order valence-corrected chi connectivity index (χ0v) is 14.2. The molecule has 0 aromatic rings. The lowest BCUT2D eigenvalue weighted by Crippen LogP contribution is -2.45. The van der Waals surface area contributed by atoms with Crippen LogP contribution in [0.5, 0.6) is 0 Å². The fourth-order valence-corrected chi connectivity index (χ4v) is 5.32. The Bertz CT molecular complexity index is 237. The van der Waals surface area contributed by atoms with E-state index in [1.165, 1.54) is 57.8 Å². The molecule has 1 saturated carbocycles. The molecular weight excluding hydrogens is 335 g/mol. The van der Waals surface area contributed by atoms with Crippen LogP contribution in [-0.2, 0) is 4.74 Å². The second-order valence-electron chi connectivity index (χ2n) is 6.37. The minimum atomic E-state index is 0.483. The van der Waals surface area contributed by atoms with Gasteiger partial charge in [-0.1, -0.05) is 61.6 Å². The van der Waals surface area contributed by atoms with Crippen LogP contribution in [0.4, 0.5) is 0 Å². The molecule has 1 heterocycles.